The first-order valence-corrected chi connectivity index (χ1v) is 8.17. The first kappa shape index (κ1) is 13.1. The molecule has 0 saturated carbocycles. The van der Waals surface area contributed by atoms with Gasteiger partial charge in [0.15, 0.2) is 0 Å². The number of hydrogen-bond acceptors (Lipinski definition) is 5. The second-order valence-electron chi connectivity index (χ2n) is 5.53. The fourth-order valence-corrected chi connectivity index (χ4v) is 2.87. The molecule has 0 aliphatic carbocycles. The van der Waals surface area contributed by atoms with Gasteiger partial charge in [-0.1, -0.05) is 23.8 Å². The largest absolute Gasteiger partial charge is 0.371 e. The number of nitrogens with one attached hydrogen (secondary N) is 2. The molecule has 1 unspecified atom stereocenters. The van der Waals surface area contributed by atoms with Crippen molar-refractivity contribution in [1.82, 2.24) is 15.3 Å². The van der Waals surface area contributed by atoms with E-state index in [1.165, 1.54) is 18.3 Å². The van der Waals surface area contributed by atoms with Gasteiger partial charge in [0.05, 0.1) is 21.0 Å². The van der Waals surface area contributed by atoms with E-state index in [4.69, 9.17) is 35.4 Å². The molecule has 1 amide bonds. The molecule has 2 aromatic rings. The number of carbonyl (C=O) groups excluding carboxylic acids is 1. The van der Waals surface area contributed by atoms with Crippen LogP contribution in [0.15, 0.2) is 30.5 Å². The summed E-state index contributed by atoms with van der Waals surface area (Å²) >= 11 is 10.9. The molecule has 1 aliphatic rings. The van der Waals surface area contributed by atoms with Crippen LogP contribution in [0, 0.1) is 6.85 Å². The number of aromatic nitrogens is 2. The van der Waals surface area contributed by atoms with Crippen LogP contribution in [0.2, 0.25) is 5.02 Å². The smallest absolute Gasteiger partial charge is 0.275 e. The highest BCUT2D eigenvalue weighted by Crippen LogP contribution is 2.27. The zero-order valence-electron chi connectivity index (χ0n) is 18.2. The lowest BCUT2D eigenvalue weighted by Gasteiger charge is -2.37. The molecule has 0 radical (unpaired) electrons. The Morgan fingerprint density at radius 2 is 2.50 bits per heavy atom. The number of pyridine rings is 2. The second-order valence-corrected chi connectivity index (χ2v) is 6.40. The molecule has 1 fully saturated rings. The molecule has 3 rings (SSSR count). The van der Waals surface area contributed by atoms with Crippen LogP contribution in [-0.4, -0.2) is 40.8 Å². The Morgan fingerprint density at radius 3 is 3.23 bits per heavy atom. The van der Waals surface area contributed by atoms with Gasteiger partial charge in [0.2, 0.25) is 0 Å². The highest BCUT2D eigenvalue weighted by atomic mass is 35.5. The van der Waals surface area contributed by atoms with E-state index >= 15 is 0 Å². The lowest BCUT2D eigenvalue weighted by Crippen LogP contribution is -2.55. The third-order valence-electron chi connectivity index (χ3n) is 3.70. The first-order valence-electron chi connectivity index (χ1n) is 9.88. The fourth-order valence-electron chi connectivity index (χ4n) is 2.46. The van der Waals surface area contributed by atoms with Crippen molar-refractivity contribution in [2.45, 2.75) is 12.4 Å². The maximum absolute atomic E-state index is 13.9. The molecule has 3 heterocycles. The van der Waals surface area contributed by atoms with Gasteiger partial charge in [0, 0.05) is 16.5 Å². The topological polar surface area (TPSA) is 76.1 Å². The molecule has 136 valence electrons. The van der Waals surface area contributed by atoms with Crippen LogP contribution in [0.3, 0.4) is 0 Å². The average molecular weight is 400 g/mol. The van der Waals surface area contributed by atoms with Gasteiger partial charge in [-0.2, -0.15) is 0 Å². The predicted molar refractivity (Wildman–Crippen MR) is 100 cm³/mol. The van der Waals surface area contributed by atoms with Crippen LogP contribution in [0.25, 0.3) is 0 Å². The van der Waals surface area contributed by atoms with Crippen LogP contribution < -0.4 is 10.6 Å². The Balaban J connectivity index is 1.97. The SMILES string of the molecule is [2H]c1nc(C(=O)Nc2cc(C3(CF)COCC(=S)N3)ccn2)c(C([2H])([2H])[2H])c([2H])c1Cl. The van der Waals surface area contributed by atoms with E-state index < -0.39 is 53.5 Å². The summed E-state index contributed by atoms with van der Waals surface area (Å²) in [7, 11) is 0. The quantitative estimate of drug-likeness (QED) is 0.770. The predicted octanol–water partition coefficient (Wildman–Crippen LogP) is 2.80. The van der Waals surface area contributed by atoms with Gasteiger partial charge in [0.25, 0.3) is 5.91 Å². The summed E-state index contributed by atoms with van der Waals surface area (Å²) in [5.74, 6) is -1.04. The van der Waals surface area contributed by atoms with Crippen molar-refractivity contribution >= 4 is 40.5 Å². The van der Waals surface area contributed by atoms with E-state index in [1.807, 2.05) is 0 Å². The van der Waals surface area contributed by atoms with Crippen LogP contribution in [0.4, 0.5) is 10.2 Å². The van der Waals surface area contributed by atoms with E-state index in [9.17, 15) is 9.18 Å². The number of alkyl halides is 1. The molecule has 0 aromatic carbocycles. The van der Waals surface area contributed by atoms with Crippen molar-refractivity contribution in [2.75, 3.05) is 25.2 Å². The summed E-state index contributed by atoms with van der Waals surface area (Å²) in [5, 5.41) is 4.80. The summed E-state index contributed by atoms with van der Waals surface area (Å²) < 4.78 is 57.7. The van der Waals surface area contributed by atoms with Crippen molar-refractivity contribution in [2.24, 2.45) is 0 Å². The minimum Gasteiger partial charge on any atom is -0.371 e. The monoisotopic (exact) mass is 399 g/mol. The lowest BCUT2D eigenvalue weighted by molar-refractivity contribution is 0.0632. The number of halogens is 2. The van der Waals surface area contributed by atoms with Gasteiger partial charge in [-0.25, -0.2) is 14.4 Å². The molecular weight excluding hydrogens is 379 g/mol. The standard InChI is InChI=1S/C17H16ClFN4O2S/c1-10-4-12(18)6-21-15(10)16(24)22-13-5-11(2-3-20-13)17(8-19)9-25-7-14(26)23-17/h2-6H,7-9H2,1H3,(H,23,26)(H,20,22,24)/i1D3,4D,6D. The molecule has 6 nitrogen and oxygen atoms in total. The van der Waals surface area contributed by atoms with Gasteiger partial charge >= 0.3 is 0 Å². The van der Waals surface area contributed by atoms with Crippen LogP contribution in [0.5, 0.6) is 0 Å². The van der Waals surface area contributed by atoms with Crippen LogP contribution in [-0.2, 0) is 10.3 Å². The van der Waals surface area contributed by atoms with Gasteiger partial charge in [-0.05, 0) is 36.2 Å². The molecule has 1 aliphatic heterocycles. The maximum Gasteiger partial charge on any atom is 0.275 e. The van der Waals surface area contributed by atoms with Gasteiger partial charge in [-0.15, -0.1) is 0 Å². The highest BCUT2D eigenvalue weighted by Gasteiger charge is 2.37. The van der Waals surface area contributed by atoms with Crippen LogP contribution in [0.1, 0.15) is 28.5 Å². The van der Waals surface area contributed by atoms with E-state index in [1.54, 1.807) is 0 Å². The van der Waals surface area contributed by atoms with Crippen molar-refractivity contribution < 1.29 is 20.8 Å². The summed E-state index contributed by atoms with van der Waals surface area (Å²) in [6.45, 7) is -3.57. The van der Waals surface area contributed by atoms with Gasteiger partial charge < -0.3 is 15.4 Å². The Hall–Kier alpha value is -2.16. The average Bonchev–Trinajstić information content (AvgIpc) is 2.70. The number of anilines is 1. The number of amides is 1. The maximum atomic E-state index is 13.9. The number of morpholine rings is 1. The zero-order chi connectivity index (χ0) is 23.0. The second kappa shape index (κ2) is 7.61. The third-order valence-corrected chi connectivity index (χ3v) is 4.09. The molecule has 1 atom stereocenters. The normalized spacial score (nSPS) is 23.0. The van der Waals surface area contributed by atoms with Gasteiger partial charge in [-0.3, -0.25) is 4.79 Å². The third kappa shape index (κ3) is 3.82. The van der Waals surface area contributed by atoms with Gasteiger partial charge in [0.1, 0.15) is 28.7 Å². The molecule has 2 aromatic heterocycles. The molecular formula is C17H16ClFN4O2S. The lowest BCUT2D eigenvalue weighted by atomic mass is 9.91. The Bertz CT molecular complexity index is 1060. The Kier molecular flexibility index (Phi) is 3.83. The Labute approximate surface area is 167 Å². The van der Waals surface area contributed by atoms with E-state index in [0.717, 1.165) is 0 Å². The zero-order valence-corrected chi connectivity index (χ0v) is 14.8. The van der Waals surface area contributed by atoms with Crippen LogP contribution >= 0.6 is 23.8 Å². The highest BCUT2D eigenvalue weighted by molar-refractivity contribution is 7.80. The number of carbonyl (C=O) groups is 1. The molecule has 9 heteroatoms. The van der Waals surface area contributed by atoms with Crippen molar-refractivity contribution in [3.05, 3.63) is 52.4 Å². The van der Waals surface area contributed by atoms with Crippen molar-refractivity contribution in [1.29, 1.82) is 0 Å². The van der Waals surface area contributed by atoms with E-state index in [0.29, 0.717) is 10.6 Å². The first-order chi connectivity index (χ1) is 14.5. The minimum absolute atomic E-state index is 0.00656. The summed E-state index contributed by atoms with van der Waals surface area (Å²) in [4.78, 5) is 20.7. The van der Waals surface area contributed by atoms with Crippen molar-refractivity contribution in [3.8, 4) is 0 Å². The van der Waals surface area contributed by atoms with E-state index in [2.05, 4.69) is 20.6 Å². The summed E-state index contributed by atoms with van der Waals surface area (Å²) in [5.41, 5.74) is -2.20. The number of hydrogen-bond donors (Lipinski definition) is 2. The number of nitrogens with zero attached hydrogens (tertiary/aromatic N) is 2. The molecule has 0 bridgehead atoms. The summed E-state index contributed by atoms with van der Waals surface area (Å²) in [6, 6.07) is 2.23. The number of rotatable bonds is 4. The van der Waals surface area contributed by atoms with Crippen molar-refractivity contribution in [3.63, 3.8) is 0 Å². The summed E-state index contributed by atoms with van der Waals surface area (Å²) in [6.07, 6.45) is 0.716. The van der Waals surface area contributed by atoms with E-state index in [-0.39, 0.29) is 19.0 Å². The molecule has 26 heavy (non-hydrogen) atoms. The molecule has 1 saturated heterocycles. The molecule has 0 spiro atoms. The fraction of sp³-hybridized carbons (Fsp3) is 0.294. The number of ether oxygens (including phenoxy) is 1. The minimum atomic E-state index is -2.87. The molecule has 2 N–H and O–H groups in total. The Morgan fingerprint density at radius 1 is 1.65 bits per heavy atom. The number of thiocarbonyl (C=S) groups is 1.